The second kappa shape index (κ2) is 14.7. The van der Waals surface area contributed by atoms with E-state index in [1.54, 1.807) is 18.1 Å². The van der Waals surface area contributed by atoms with Crippen LogP contribution in [-0.2, 0) is 32.6 Å². The molecule has 9 heteroatoms. The number of methoxy groups -OCH3 is 1. The molecule has 0 aliphatic heterocycles. The molecule has 3 rings (SSSR count). The maximum absolute atomic E-state index is 13.9. The summed E-state index contributed by atoms with van der Waals surface area (Å²) in [5.74, 6) is 0.186. The molecule has 0 saturated heterocycles. The molecule has 0 heterocycles. The number of hydrogen-bond acceptors (Lipinski definition) is 5. The van der Waals surface area contributed by atoms with Gasteiger partial charge >= 0.3 is 0 Å². The van der Waals surface area contributed by atoms with E-state index in [0.29, 0.717) is 17.9 Å². The first kappa shape index (κ1) is 31.7. The van der Waals surface area contributed by atoms with Crippen molar-refractivity contribution in [1.29, 1.82) is 0 Å². The van der Waals surface area contributed by atoms with Crippen molar-refractivity contribution >= 4 is 27.5 Å². The van der Waals surface area contributed by atoms with Gasteiger partial charge in [-0.1, -0.05) is 54.6 Å². The summed E-state index contributed by atoms with van der Waals surface area (Å²) in [5, 5.41) is 2.98. The van der Waals surface area contributed by atoms with E-state index in [1.807, 2.05) is 93.6 Å². The Balaban J connectivity index is 1.90. The Labute approximate surface area is 244 Å². The van der Waals surface area contributed by atoms with E-state index in [-0.39, 0.29) is 43.8 Å². The van der Waals surface area contributed by atoms with Crippen molar-refractivity contribution in [2.75, 3.05) is 24.2 Å². The number of hydrogen-bond donors (Lipinski definition) is 1. The molecule has 3 aromatic carbocycles. The van der Waals surface area contributed by atoms with Crippen LogP contribution in [0.1, 0.15) is 43.4 Å². The molecule has 3 aromatic rings. The molecular formula is C32H41N3O5S. The fourth-order valence-electron chi connectivity index (χ4n) is 4.69. The minimum Gasteiger partial charge on any atom is -0.497 e. The van der Waals surface area contributed by atoms with Crippen LogP contribution in [0.5, 0.6) is 5.75 Å². The summed E-state index contributed by atoms with van der Waals surface area (Å²) in [4.78, 5) is 29.0. The number of rotatable bonds is 14. The summed E-state index contributed by atoms with van der Waals surface area (Å²) in [6.45, 7) is 6.02. The Morgan fingerprint density at radius 3 is 2.24 bits per heavy atom. The van der Waals surface area contributed by atoms with Gasteiger partial charge in [0, 0.05) is 32.0 Å². The van der Waals surface area contributed by atoms with Crippen molar-refractivity contribution in [3.8, 4) is 5.75 Å². The summed E-state index contributed by atoms with van der Waals surface area (Å²) in [6, 6.07) is 23.4. The highest BCUT2D eigenvalue weighted by molar-refractivity contribution is 7.92. The molecule has 0 spiro atoms. The van der Waals surface area contributed by atoms with E-state index in [0.717, 1.165) is 16.7 Å². The van der Waals surface area contributed by atoms with Crippen LogP contribution in [0.25, 0.3) is 0 Å². The lowest BCUT2D eigenvalue weighted by atomic mass is 10.0. The molecule has 0 radical (unpaired) electrons. The van der Waals surface area contributed by atoms with Crippen LogP contribution < -0.4 is 14.4 Å². The highest BCUT2D eigenvalue weighted by atomic mass is 32.2. The van der Waals surface area contributed by atoms with Gasteiger partial charge in [-0.15, -0.1) is 0 Å². The van der Waals surface area contributed by atoms with Gasteiger partial charge in [-0.05, 0) is 68.1 Å². The largest absolute Gasteiger partial charge is 0.497 e. The van der Waals surface area contributed by atoms with E-state index in [2.05, 4.69) is 5.32 Å². The number of nitrogens with one attached hydrogen (secondary N) is 1. The van der Waals surface area contributed by atoms with Crippen molar-refractivity contribution < 1.29 is 22.7 Å². The number of anilines is 1. The Hall–Kier alpha value is -3.85. The Morgan fingerprint density at radius 1 is 0.927 bits per heavy atom. The number of carbonyl (C=O) groups excluding carboxylic acids is 2. The average molecular weight is 580 g/mol. The van der Waals surface area contributed by atoms with Gasteiger partial charge < -0.3 is 15.0 Å². The van der Waals surface area contributed by atoms with Crippen LogP contribution >= 0.6 is 0 Å². The molecule has 2 amide bonds. The van der Waals surface area contributed by atoms with Gasteiger partial charge in [0.2, 0.25) is 21.8 Å². The molecule has 1 N–H and O–H groups in total. The standard InChI is InChI=1S/C32H41N3O5S/c1-24(2)33-32(37)30(22-26-13-7-6-8-14-26)34(23-27-15-10-17-29(21-27)40-4)31(36)18-11-19-35(41(5,38)39)28-16-9-12-25(3)20-28/h6-10,12-17,20-21,24,30H,11,18-19,22-23H2,1-5H3,(H,33,37). The number of carbonyl (C=O) groups is 2. The smallest absolute Gasteiger partial charge is 0.243 e. The molecule has 1 atom stereocenters. The zero-order chi connectivity index (χ0) is 30.0. The van der Waals surface area contributed by atoms with Gasteiger partial charge in [-0.25, -0.2) is 8.42 Å². The lowest BCUT2D eigenvalue weighted by molar-refractivity contribution is -0.141. The first-order chi connectivity index (χ1) is 19.5. The second-order valence-corrected chi connectivity index (χ2v) is 12.4. The molecule has 41 heavy (non-hydrogen) atoms. The molecule has 0 bridgehead atoms. The Morgan fingerprint density at radius 2 is 1.61 bits per heavy atom. The van der Waals surface area contributed by atoms with Crippen molar-refractivity contribution in [1.82, 2.24) is 10.2 Å². The predicted molar refractivity (Wildman–Crippen MR) is 163 cm³/mol. The summed E-state index contributed by atoms with van der Waals surface area (Å²) in [5.41, 5.74) is 3.26. The molecule has 8 nitrogen and oxygen atoms in total. The SMILES string of the molecule is COc1cccc(CN(C(=O)CCCN(c2cccc(C)c2)S(C)(=O)=O)C(Cc2ccccc2)C(=O)NC(C)C)c1. The fraction of sp³-hybridized carbons (Fsp3) is 0.375. The van der Waals surface area contributed by atoms with Gasteiger partial charge in [0.15, 0.2) is 0 Å². The molecule has 0 fully saturated rings. The van der Waals surface area contributed by atoms with Crippen LogP contribution in [0.2, 0.25) is 0 Å². The zero-order valence-electron chi connectivity index (χ0n) is 24.5. The molecular weight excluding hydrogens is 538 g/mol. The van der Waals surface area contributed by atoms with Crippen LogP contribution in [0.15, 0.2) is 78.9 Å². The van der Waals surface area contributed by atoms with Crippen molar-refractivity contribution in [2.24, 2.45) is 0 Å². The number of ether oxygens (including phenoxy) is 1. The minimum absolute atomic E-state index is 0.0715. The van der Waals surface area contributed by atoms with E-state index in [9.17, 15) is 18.0 Å². The molecule has 1 unspecified atom stereocenters. The van der Waals surface area contributed by atoms with Gasteiger partial charge in [-0.3, -0.25) is 13.9 Å². The van der Waals surface area contributed by atoms with E-state index < -0.39 is 16.1 Å². The normalized spacial score (nSPS) is 12.0. The maximum Gasteiger partial charge on any atom is 0.243 e. The van der Waals surface area contributed by atoms with Gasteiger partial charge in [0.25, 0.3) is 0 Å². The van der Waals surface area contributed by atoms with Crippen molar-refractivity contribution in [2.45, 2.75) is 58.7 Å². The third-order valence-electron chi connectivity index (χ3n) is 6.63. The Kier molecular flexibility index (Phi) is 11.3. The third kappa shape index (κ3) is 9.63. The lowest BCUT2D eigenvalue weighted by Gasteiger charge is -2.32. The molecule has 220 valence electrons. The van der Waals surface area contributed by atoms with Gasteiger partial charge in [0.1, 0.15) is 11.8 Å². The summed E-state index contributed by atoms with van der Waals surface area (Å²) < 4.78 is 32.0. The molecule has 0 aliphatic rings. The van der Waals surface area contributed by atoms with Gasteiger partial charge in [0.05, 0.1) is 19.1 Å². The molecule has 0 aliphatic carbocycles. The highest BCUT2D eigenvalue weighted by Crippen LogP contribution is 2.22. The molecule has 0 aromatic heterocycles. The zero-order valence-corrected chi connectivity index (χ0v) is 25.4. The number of nitrogens with zero attached hydrogens (tertiary/aromatic N) is 2. The Bertz CT molecular complexity index is 1410. The van der Waals surface area contributed by atoms with Crippen LogP contribution in [-0.4, -0.2) is 57.1 Å². The van der Waals surface area contributed by atoms with Crippen LogP contribution in [0, 0.1) is 6.92 Å². The number of aryl methyl sites for hydroxylation is 1. The quantitative estimate of drug-likeness (QED) is 0.298. The maximum atomic E-state index is 13.9. The monoisotopic (exact) mass is 579 g/mol. The average Bonchev–Trinajstić information content (AvgIpc) is 2.92. The van der Waals surface area contributed by atoms with E-state index in [4.69, 9.17) is 4.74 Å². The number of amides is 2. The topological polar surface area (TPSA) is 96.0 Å². The predicted octanol–water partition coefficient (Wildman–Crippen LogP) is 4.71. The van der Waals surface area contributed by atoms with Crippen LogP contribution in [0.3, 0.4) is 0 Å². The number of sulfonamides is 1. The lowest BCUT2D eigenvalue weighted by Crippen LogP contribution is -2.51. The van der Waals surface area contributed by atoms with E-state index in [1.165, 1.54) is 10.6 Å². The van der Waals surface area contributed by atoms with Crippen LogP contribution in [0.4, 0.5) is 5.69 Å². The van der Waals surface area contributed by atoms with E-state index >= 15 is 0 Å². The van der Waals surface area contributed by atoms with Crippen molar-refractivity contribution in [3.63, 3.8) is 0 Å². The first-order valence-corrected chi connectivity index (χ1v) is 15.6. The van der Waals surface area contributed by atoms with Crippen molar-refractivity contribution in [3.05, 3.63) is 95.6 Å². The first-order valence-electron chi connectivity index (χ1n) is 13.8. The summed E-state index contributed by atoms with van der Waals surface area (Å²) in [6.07, 6.45) is 1.87. The molecule has 0 saturated carbocycles. The summed E-state index contributed by atoms with van der Waals surface area (Å²) in [7, 11) is -1.98. The second-order valence-electron chi connectivity index (χ2n) is 10.5. The summed E-state index contributed by atoms with van der Waals surface area (Å²) >= 11 is 0. The number of benzene rings is 3. The van der Waals surface area contributed by atoms with Gasteiger partial charge in [-0.2, -0.15) is 0 Å². The fourth-order valence-corrected chi connectivity index (χ4v) is 5.65. The highest BCUT2D eigenvalue weighted by Gasteiger charge is 2.31. The minimum atomic E-state index is -3.56. The third-order valence-corrected chi connectivity index (χ3v) is 7.82.